The molecule has 34 N–H and O–H groups in total. The van der Waals surface area contributed by atoms with Gasteiger partial charge in [0.25, 0.3) is 0 Å². The first kappa shape index (κ1) is 118. The first-order valence-corrected chi connectivity index (χ1v) is 47.8. The molecule has 44 heterocycles. The zero-order valence-corrected chi connectivity index (χ0v) is 77.7. The summed E-state index contributed by atoms with van der Waals surface area (Å²) in [7, 11) is 0. The topological polar surface area (TPSA) is 962 Å². The normalized spacial score (nSPS) is 51.5. The second-order valence-electron chi connectivity index (χ2n) is 37.7. The van der Waals surface area contributed by atoms with Gasteiger partial charge in [0, 0.05) is 0 Å². The lowest BCUT2D eigenvalue weighted by Crippen LogP contribution is -2.69. The predicted octanol–water partition coefficient (Wildman–Crippen LogP) is -22.5. The van der Waals surface area contributed by atoms with E-state index in [2.05, 4.69) is 0 Å². The maximum absolute atomic E-state index is 15.7. The molecule has 1 unspecified atom stereocenters. The van der Waals surface area contributed by atoms with E-state index in [0.717, 1.165) is 6.08 Å². The predicted molar refractivity (Wildman–Crippen MR) is 445 cm³/mol. The Morgan fingerprint density at radius 1 is 0.212 bits per heavy atom. The van der Waals surface area contributed by atoms with Crippen LogP contribution >= 0.6 is 0 Å². The third-order valence-electron chi connectivity index (χ3n) is 28.1. The number of aliphatic hydroxyl groups excluding tert-OH is 34. The van der Waals surface area contributed by atoms with E-state index in [1.54, 1.807) is 0 Å². The van der Waals surface area contributed by atoms with Crippen molar-refractivity contribution in [2.75, 3.05) is 79.3 Å². The van der Waals surface area contributed by atoms with Crippen molar-refractivity contribution in [2.45, 2.75) is 414 Å². The zero-order chi connectivity index (χ0) is 106. The van der Waals surface area contributed by atoms with Gasteiger partial charge in [0.2, 0.25) is 0 Å². The number of carbonyl (C=O) groups is 2. The second kappa shape index (κ2) is 52.0. The number of rotatable bonds is 23. The third kappa shape index (κ3) is 24.7. The summed E-state index contributed by atoms with van der Waals surface area (Å²) in [5.41, 5.74) is 0. The van der Waals surface area contributed by atoms with Gasteiger partial charge in [-0.1, -0.05) is 38.3 Å². The molecule has 0 aromatic rings. The van der Waals surface area contributed by atoms with Gasteiger partial charge in [-0.05, 0) is 12.8 Å². The van der Waals surface area contributed by atoms with Gasteiger partial charge in [0.05, 0.1) is 91.6 Å². The van der Waals surface area contributed by atoms with Crippen LogP contribution in [-0.4, -0.2) is 633 Å². The van der Waals surface area contributed by atoms with Gasteiger partial charge in [-0.2, -0.15) is 0 Å². The van der Waals surface area contributed by atoms with Gasteiger partial charge in [-0.25, -0.2) is 0 Å². The molecule has 44 saturated heterocycles. The van der Waals surface area contributed by atoms with Gasteiger partial charge >= 0.3 is 11.9 Å². The molecule has 0 saturated carbocycles. The zero-order valence-electron chi connectivity index (χ0n) is 77.7. The third-order valence-corrected chi connectivity index (χ3v) is 28.1. The maximum atomic E-state index is 15.7. The molecule has 44 rings (SSSR count). The number of allylic oxidation sites excluding steroid dienone is 1. The first-order valence-electron chi connectivity index (χ1n) is 47.8. The van der Waals surface area contributed by atoms with E-state index in [-0.39, 0.29) is 6.42 Å². The van der Waals surface area contributed by atoms with E-state index < -0.39 is 472 Å². The van der Waals surface area contributed by atoms with Gasteiger partial charge < -0.3 is 297 Å². The van der Waals surface area contributed by atoms with Crippen molar-refractivity contribution < 1.29 is 306 Å². The summed E-state index contributed by atoms with van der Waals surface area (Å²) >= 11 is 0. The molecule has 0 radical (unpaired) electrons. The minimum absolute atomic E-state index is 0.0840. The molecule has 0 aliphatic carbocycles. The number of carbonyl (C=O) groups excluding carboxylic acids is 2. The minimum atomic E-state index is -2.69. The highest BCUT2D eigenvalue weighted by atomic mass is 16.8. The molecule has 44 fully saturated rings. The Labute approximate surface area is 827 Å². The highest BCUT2D eigenvalue weighted by Gasteiger charge is 2.65. The van der Waals surface area contributed by atoms with Crippen LogP contribution in [0.3, 0.4) is 0 Å². The fourth-order valence-corrected chi connectivity index (χ4v) is 19.9. The van der Waals surface area contributed by atoms with Crippen LogP contribution in [0.25, 0.3) is 0 Å². The standard InChI is InChI=1S/C84H136O62/c1-2-3-4-5-6-7-8-22(72(120)134-71-57(119)84-132-34(21-96)69(71)146-82-55(117)45(107)65(30(17-92)130-82)142-78-51(113)41(103)61(26(13-88)126-78)138-74-47(109)37(99)59(24(11-86)122-74)136-76-49(111)39(101)63(28(15-90)124-76)140-80-53(115)43(105)67(144-84)32(19-94)128-80)9-35(97)133-70-56(118)83-131-33(20-95)68(70)145-81-54(116)44(106)64(29(16-91)129-81)141-77-50(112)40(102)60(25(12-87)125-77)137-73-46(108)36(98)58(23(10-85)121-73)135-75-48(110)38(100)62(27(14-89)123-75)139-79-52(114)42(104)66(143-83)31(18-93)127-79/h7-8,22-34,36-71,73-96,98-119H,2-6,9-21H2,1H3/b8-7+/t22?,23-,24-,25-,26-,27-,28-,29-,30-,31-,32-,33-,34-,36-,37-,38-,39-,40-,41-,42-,43-,44-,45-,46-,47-,48-,49-,50-,51-,52-,53-,54-,55-,56-,57-,58-,59-,60-,61-,62-,63-,64-,65-,66-,67-,68+,69+,70-,71-,73-,74-,75-,76-,77-,78-,79-,80-,81-,82-,83-,84-/m1/s1. The number of esters is 2. The van der Waals surface area contributed by atoms with Crippen LogP contribution in [0.2, 0.25) is 0 Å². The van der Waals surface area contributed by atoms with Crippen LogP contribution in [-0.2, 0) is 133 Å². The Morgan fingerprint density at radius 2 is 0.377 bits per heavy atom. The molecule has 61 atom stereocenters. The molecule has 62 heteroatoms. The van der Waals surface area contributed by atoms with Crippen molar-refractivity contribution in [3.63, 3.8) is 0 Å². The molecule has 844 valence electrons. The van der Waals surface area contributed by atoms with Gasteiger partial charge in [-0.15, -0.1) is 0 Å². The van der Waals surface area contributed by atoms with E-state index in [9.17, 15) is 174 Å². The van der Waals surface area contributed by atoms with Crippen molar-refractivity contribution in [3.8, 4) is 0 Å². The SMILES string of the molecule is CCCCCC/C=C/C(CC(=O)O[C@@H]1[C@@H](O)[C@H]2O[C@H]3[C@H](O)[C@@H](O)[C@@H](O[C@H]4[C@H](O)[C@@H](O)[C@@H](O[C@H]5[C@H](O)[C@@H](O)[C@@H](O[C@H]6[C@H](O)[C@@H](O)[C@@H](O[C@H]7[C@H](O)[C@@H](O)[C@@H](O[C@H]1[C@@H](CO)O2)O[C@@H]7CO)O[C@@H]6CO)O[C@@H]5CO)O[C@@H]4CO)O[C@@H]3CO)C(=O)O[C@@H]1[C@@H](O)[C@H]2O[C@H]3[C@H](O)[C@@H](O)[C@@H](O[C@H]4[C@H](O)[C@@H](O)[C@@H](O[C@H]5[C@H](O)[C@@H](O)[C@@H](O[C@H]6[C@H](O)[C@@H](O)[C@@H](O[C@H]7[C@H](O)[C@@H](O)[C@@H](O[C@H]1[C@@H](CO)O2)O[C@@H]7CO)O[C@@H]6CO)O[C@@H]5CO)O[C@@H]4CO)O[C@@H]3CO. The van der Waals surface area contributed by atoms with Crippen LogP contribution in [0.4, 0.5) is 0 Å². The molecule has 0 aromatic heterocycles. The maximum Gasteiger partial charge on any atom is 0.313 e. The molecule has 44 aliphatic rings. The van der Waals surface area contributed by atoms with E-state index in [1.807, 2.05) is 6.92 Å². The summed E-state index contributed by atoms with van der Waals surface area (Å²) in [5.74, 6) is -5.46. The average molecular weight is 2140 g/mol. The van der Waals surface area contributed by atoms with Crippen LogP contribution in [0, 0.1) is 5.92 Å². The minimum Gasteiger partial charge on any atom is -0.456 e. The van der Waals surface area contributed by atoms with E-state index >= 15 is 9.59 Å². The molecular formula is C84H136O62. The first-order chi connectivity index (χ1) is 69.7. The number of hydrogen-bond donors (Lipinski definition) is 34. The summed E-state index contributed by atoms with van der Waals surface area (Å²) in [6.45, 7) is -12.8. The second-order valence-corrected chi connectivity index (χ2v) is 37.7. The lowest BCUT2D eigenvalue weighted by molar-refractivity contribution is -0.404. The van der Waals surface area contributed by atoms with Crippen molar-refractivity contribution in [2.24, 2.45) is 5.92 Å². The summed E-state index contributed by atoms with van der Waals surface area (Å²) in [6.07, 6.45) is -131. The Bertz CT molecular complexity index is 3970. The van der Waals surface area contributed by atoms with Gasteiger partial charge in [-0.3, -0.25) is 9.59 Å². The highest BCUT2D eigenvalue weighted by molar-refractivity contribution is 5.82. The Balaban J connectivity index is 0.785. The van der Waals surface area contributed by atoms with Crippen molar-refractivity contribution >= 4 is 11.9 Å². The van der Waals surface area contributed by atoms with E-state index in [0.29, 0.717) is 25.7 Å². The number of ether oxygens (including phenoxy) is 26. The molecule has 0 spiro atoms. The average Bonchev–Trinajstić information content (AvgIpc) is 0.757. The molecule has 0 amide bonds. The highest BCUT2D eigenvalue weighted by Crippen LogP contribution is 2.45. The monoisotopic (exact) mass is 2140 g/mol. The van der Waals surface area contributed by atoms with Crippen molar-refractivity contribution in [1.29, 1.82) is 0 Å². The lowest BCUT2D eigenvalue weighted by atomic mass is 9.94. The Kier molecular flexibility index (Phi) is 42.0. The lowest BCUT2D eigenvalue weighted by Gasteiger charge is -2.51. The molecule has 24 bridgehead atoms. The Morgan fingerprint density at radius 3 is 0.555 bits per heavy atom. The molecule has 146 heavy (non-hydrogen) atoms. The summed E-state index contributed by atoms with van der Waals surface area (Å²) in [4.78, 5) is 31.2. The number of aliphatic hydroxyl groups is 34. The smallest absolute Gasteiger partial charge is 0.313 e. The van der Waals surface area contributed by atoms with Crippen molar-refractivity contribution in [1.82, 2.24) is 0 Å². The number of unbranched alkanes of at least 4 members (excludes halogenated alkanes) is 4. The molecule has 0 aromatic carbocycles. The fraction of sp³-hybridized carbons (Fsp3) is 0.952. The van der Waals surface area contributed by atoms with Crippen LogP contribution in [0.5, 0.6) is 0 Å². The fourth-order valence-electron chi connectivity index (χ4n) is 19.9. The van der Waals surface area contributed by atoms with Crippen LogP contribution in [0.15, 0.2) is 12.2 Å². The molecular weight excluding hydrogens is 2000 g/mol. The summed E-state index contributed by atoms with van der Waals surface area (Å²) < 4.78 is 153. The summed E-state index contributed by atoms with van der Waals surface area (Å²) in [5, 5.41) is 392. The number of hydrogen-bond acceptors (Lipinski definition) is 62. The molecule has 62 nitrogen and oxygen atoms in total. The van der Waals surface area contributed by atoms with Crippen molar-refractivity contribution in [3.05, 3.63) is 12.2 Å². The van der Waals surface area contributed by atoms with E-state index in [4.69, 9.17) is 123 Å². The van der Waals surface area contributed by atoms with E-state index in [1.165, 1.54) is 6.08 Å². The molecule has 44 aliphatic heterocycles. The van der Waals surface area contributed by atoms with Crippen LogP contribution in [0.1, 0.15) is 45.4 Å². The Hall–Kier alpha value is -3.64. The quantitative estimate of drug-likeness (QED) is 0.0257. The summed E-state index contributed by atoms with van der Waals surface area (Å²) in [6, 6.07) is 0. The largest absolute Gasteiger partial charge is 0.456 e. The van der Waals surface area contributed by atoms with Gasteiger partial charge in [0.15, 0.2) is 87.7 Å². The van der Waals surface area contributed by atoms with Crippen LogP contribution < -0.4 is 0 Å². The van der Waals surface area contributed by atoms with Gasteiger partial charge in [0.1, 0.15) is 281 Å².